The van der Waals surface area contributed by atoms with Crippen LogP contribution in [-0.4, -0.2) is 30.2 Å². The lowest BCUT2D eigenvalue weighted by molar-refractivity contribution is 0.147. The predicted octanol–water partition coefficient (Wildman–Crippen LogP) is 2.01. The summed E-state index contributed by atoms with van der Waals surface area (Å²) >= 11 is 0. The van der Waals surface area contributed by atoms with Crippen LogP contribution in [0, 0.1) is 0 Å². The van der Waals surface area contributed by atoms with Crippen LogP contribution in [0.15, 0.2) is 30.3 Å². The van der Waals surface area contributed by atoms with Gasteiger partial charge < -0.3 is 0 Å². The molecule has 3 rings (SSSR count). The van der Waals surface area contributed by atoms with E-state index in [2.05, 4.69) is 40.5 Å². The number of hydrogen-bond acceptors (Lipinski definition) is 2. The summed E-state index contributed by atoms with van der Waals surface area (Å²) in [7, 11) is 0. The molecule has 2 aliphatic heterocycles. The first-order valence-corrected chi connectivity index (χ1v) is 6.46. The summed E-state index contributed by atoms with van der Waals surface area (Å²) in [4.78, 5) is 2.68. The third kappa shape index (κ3) is 2.00. The molecule has 1 N–H and O–H groups in total. The average Bonchev–Trinajstić information content (AvgIpc) is 2.74. The Labute approximate surface area is 97.6 Å². The van der Waals surface area contributed by atoms with Crippen LogP contribution < -0.4 is 5.32 Å². The van der Waals surface area contributed by atoms with Crippen LogP contribution in [0.3, 0.4) is 0 Å². The van der Waals surface area contributed by atoms with Gasteiger partial charge in [-0.1, -0.05) is 36.8 Å². The number of piperidine rings is 1. The van der Waals surface area contributed by atoms with Crippen molar-refractivity contribution in [3.05, 3.63) is 35.9 Å². The first kappa shape index (κ1) is 10.3. The highest BCUT2D eigenvalue weighted by atomic mass is 15.4. The summed E-state index contributed by atoms with van der Waals surface area (Å²) in [5.41, 5.74) is 1.45. The highest BCUT2D eigenvalue weighted by Gasteiger charge is 2.34. The Hall–Kier alpha value is -0.860. The fourth-order valence-corrected chi connectivity index (χ4v) is 3.07. The van der Waals surface area contributed by atoms with Crippen molar-refractivity contribution in [3.63, 3.8) is 0 Å². The van der Waals surface area contributed by atoms with E-state index in [1.54, 1.807) is 0 Å². The monoisotopic (exact) mass is 216 g/mol. The highest BCUT2D eigenvalue weighted by Crippen LogP contribution is 2.24. The van der Waals surface area contributed by atoms with Gasteiger partial charge in [0.15, 0.2) is 0 Å². The molecule has 0 amide bonds. The Kier molecular flexibility index (Phi) is 2.94. The highest BCUT2D eigenvalue weighted by molar-refractivity contribution is 5.16. The fourth-order valence-electron chi connectivity index (χ4n) is 3.07. The Balaban J connectivity index is 1.67. The third-order valence-corrected chi connectivity index (χ3v) is 3.93. The standard InChI is InChI=1S/C14H20N2/c1-2-6-12(7-3-1)10-14-15-11-13-8-4-5-9-16(13)14/h1-3,6-7,13-15H,4-5,8-11H2. The second kappa shape index (κ2) is 4.56. The van der Waals surface area contributed by atoms with E-state index in [9.17, 15) is 0 Å². The summed E-state index contributed by atoms with van der Waals surface area (Å²) in [6, 6.07) is 11.6. The van der Waals surface area contributed by atoms with E-state index in [1.165, 1.54) is 37.9 Å². The Morgan fingerprint density at radius 2 is 2.06 bits per heavy atom. The van der Waals surface area contributed by atoms with Crippen molar-refractivity contribution in [2.75, 3.05) is 13.1 Å². The molecule has 2 saturated heterocycles. The van der Waals surface area contributed by atoms with Gasteiger partial charge in [0, 0.05) is 19.0 Å². The second-order valence-corrected chi connectivity index (χ2v) is 5.00. The summed E-state index contributed by atoms with van der Waals surface area (Å²) < 4.78 is 0. The van der Waals surface area contributed by atoms with Gasteiger partial charge in [0.25, 0.3) is 0 Å². The predicted molar refractivity (Wildman–Crippen MR) is 66.3 cm³/mol. The van der Waals surface area contributed by atoms with Crippen LogP contribution in [0.4, 0.5) is 0 Å². The molecule has 2 fully saturated rings. The van der Waals surface area contributed by atoms with Crippen LogP contribution in [-0.2, 0) is 6.42 Å². The van der Waals surface area contributed by atoms with Crippen molar-refractivity contribution in [1.29, 1.82) is 0 Å². The molecular formula is C14H20N2. The molecule has 1 aromatic rings. The maximum Gasteiger partial charge on any atom is 0.0641 e. The number of fused-ring (bicyclic) bond motifs is 1. The van der Waals surface area contributed by atoms with Crippen molar-refractivity contribution in [2.24, 2.45) is 0 Å². The van der Waals surface area contributed by atoms with Gasteiger partial charge in [-0.2, -0.15) is 0 Å². The average molecular weight is 216 g/mol. The van der Waals surface area contributed by atoms with Crippen molar-refractivity contribution in [2.45, 2.75) is 37.9 Å². The van der Waals surface area contributed by atoms with E-state index in [1.807, 2.05) is 0 Å². The molecule has 0 saturated carbocycles. The maximum absolute atomic E-state index is 3.67. The molecule has 2 atom stereocenters. The Bertz CT molecular complexity index is 336. The third-order valence-electron chi connectivity index (χ3n) is 3.93. The van der Waals surface area contributed by atoms with E-state index in [-0.39, 0.29) is 0 Å². The molecular weight excluding hydrogens is 196 g/mol. The minimum absolute atomic E-state index is 0.577. The quantitative estimate of drug-likeness (QED) is 0.813. The van der Waals surface area contributed by atoms with Crippen LogP contribution in [0.1, 0.15) is 24.8 Å². The Morgan fingerprint density at radius 1 is 1.19 bits per heavy atom. The van der Waals surface area contributed by atoms with E-state index in [0.717, 1.165) is 12.5 Å². The molecule has 0 aliphatic carbocycles. The lowest BCUT2D eigenvalue weighted by atomic mass is 10.0. The maximum atomic E-state index is 3.67. The molecule has 2 heteroatoms. The van der Waals surface area contributed by atoms with Crippen molar-refractivity contribution < 1.29 is 0 Å². The van der Waals surface area contributed by atoms with Gasteiger partial charge in [-0.15, -0.1) is 0 Å². The topological polar surface area (TPSA) is 15.3 Å². The minimum atomic E-state index is 0.577. The molecule has 0 radical (unpaired) electrons. The molecule has 0 bridgehead atoms. The minimum Gasteiger partial charge on any atom is -0.300 e. The molecule has 2 unspecified atom stereocenters. The number of nitrogens with one attached hydrogen (secondary N) is 1. The zero-order valence-corrected chi connectivity index (χ0v) is 9.73. The summed E-state index contributed by atoms with van der Waals surface area (Å²) in [5, 5.41) is 3.67. The summed E-state index contributed by atoms with van der Waals surface area (Å²) in [6.45, 7) is 2.48. The van der Waals surface area contributed by atoms with E-state index >= 15 is 0 Å². The van der Waals surface area contributed by atoms with Gasteiger partial charge in [0.2, 0.25) is 0 Å². The SMILES string of the molecule is c1ccc(CC2NCC3CCCCN32)cc1. The number of benzene rings is 1. The van der Waals surface area contributed by atoms with Gasteiger partial charge in [0.05, 0.1) is 6.17 Å². The van der Waals surface area contributed by atoms with Crippen molar-refractivity contribution in [3.8, 4) is 0 Å². The molecule has 2 heterocycles. The van der Waals surface area contributed by atoms with Crippen LogP contribution in [0.25, 0.3) is 0 Å². The van der Waals surface area contributed by atoms with Crippen LogP contribution in [0.2, 0.25) is 0 Å². The van der Waals surface area contributed by atoms with Crippen molar-refractivity contribution in [1.82, 2.24) is 10.2 Å². The summed E-state index contributed by atoms with van der Waals surface area (Å²) in [5.74, 6) is 0. The normalized spacial score (nSPS) is 30.2. The van der Waals surface area contributed by atoms with E-state index < -0.39 is 0 Å². The van der Waals surface area contributed by atoms with Gasteiger partial charge in [-0.3, -0.25) is 10.2 Å². The van der Waals surface area contributed by atoms with Crippen LogP contribution in [0.5, 0.6) is 0 Å². The first-order chi connectivity index (χ1) is 7.93. The molecule has 0 spiro atoms. The van der Waals surface area contributed by atoms with Gasteiger partial charge in [0.1, 0.15) is 0 Å². The van der Waals surface area contributed by atoms with Gasteiger partial charge >= 0.3 is 0 Å². The van der Waals surface area contributed by atoms with Gasteiger partial charge in [-0.05, 0) is 24.9 Å². The Morgan fingerprint density at radius 3 is 2.94 bits per heavy atom. The first-order valence-electron chi connectivity index (χ1n) is 6.46. The zero-order valence-electron chi connectivity index (χ0n) is 9.73. The number of nitrogens with zero attached hydrogens (tertiary/aromatic N) is 1. The lowest BCUT2D eigenvalue weighted by Gasteiger charge is -2.33. The number of rotatable bonds is 2. The second-order valence-electron chi connectivity index (χ2n) is 5.00. The molecule has 1 aromatic carbocycles. The molecule has 2 nitrogen and oxygen atoms in total. The summed E-state index contributed by atoms with van der Waals surface area (Å²) in [6.07, 6.45) is 5.91. The number of hydrogen-bond donors (Lipinski definition) is 1. The van der Waals surface area contributed by atoms with E-state index in [4.69, 9.17) is 0 Å². The fraction of sp³-hybridized carbons (Fsp3) is 0.571. The van der Waals surface area contributed by atoms with Crippen molar-refractivity contribution >= 4 is 0 Å². The van der Waals surface area contributed by atoms with Gasteiger partial charge in [-0.25, -0.2) is 0 Å². The molecule has 2 aliphatic rings. The van der Waals surface area contributed by atoms with E-state index in [0.29, 0.717) is 6.17 Å². The molecule has 16 heavy (non-hydrogen) atoms. The largest absolute Gasteiger partial charge is 0.300 e. The van der Waals surface area contributed by atoms with Crippen LogP contribution >= 0.6 is 0 Å². The molecule has 0 aromatic heterocycles. The zero-order chi connectivity index (χ0) is 10.8. The lowest BCUT2D eigenvalue weighted by Crippen LogP contribution is -2.43. The molecule has 86 valence electrons. The smallest absolute Gasteiger partial charge is 0.0641 e.